The minimum atomic E-state index is -4.82. The van der Waals surface area contributed by atoms with Gasteiger partial charge in [0, 0.05) is 36.4 Å². The van der Waals surface area contributed by atoms with Crippen LogP contribution in [0.25, 0.3) is 22.3 Å². The molecule has 0 atom stereocenters. The minimum absolute atomic E-state index is 0.0115. The van der Waals surface area contributed by atoms with Crippen LogP contribution < -0.4 is 10.2 Å². The van der Waals surface area contributed by atoms with Crippen molar-refractivity contribution in [3.8, 4) is 11.4 Å². The summed E-state index contributed by atoms with van der Waals surface area (Å²) in [7, 11) is -4.82. The summed E-state index contributed by atoms with van der Waals surface area (Å²) < 4.78 is 49.3. The molecule has 0 bridgehead atoms. The van der Waals surface area contributed by atoms with Gasteiger partial charge >= 0.3 is 5.76 Å². The number of nitrogens with zero attached hydrogens (tertiary/aromatic N) is 5. The normalized spacial score (nSPS) is 17.0. The van der Waals surface area contributed by atoms with Crippen LogP contribution in [0, 0.1) is 5.41 Å². The number of aliphatic hydroxyl groups is 1. The molecule has 13 heteroatoms. The van der Waals surface area contributed by atoms with Crippen molar-refractivity contribution in [3.63, 3.8) is 0 Å². The van der Waals surface area contributed by atoms with Crippen molar-refractivity contribution in [3.05, 3.63) is 72.2 Å². The van der Waals surface area contributed by atoms with Gasteiger partial charge in [-0.1, -0.05) is 6.07 Å². The number of carbonyl (C=O) groups is 1. The lowest BCUT2D eigenvalue weighted by molar-refractivity contribution is -0.0465. The van der Waals surface area contributed by atoms with Gasteiger partial charge in [0.05, 0.1) is 40.1 Å². The van der Waals surface area contributed by atoms with Crippen molar-refractivity contribution in [2.24, 2.45) is 5.41 Å². The average Bonchev–Trinajstić information content (AvgIpc) is 2.99. The molecule has 1 aliphatic heterocycles. The van der Waals surface area contributed by atoms with Crippen LogP contribution in [0.15, 0.2) is 65.8 Å². The maximum atomic E-state index is 12.9. The summed E-state index contributed by atoms with van der Waals surface area (Å²) in [5.41, 5.74) is 2.67. The van der Waals surface area contributed by atoms with Gasteiger partial charge in [-0.25, -0.2) is 23.4 Å². The molecular weight excluding hydrogens is 566 g/mol. The van der Waals surface area contributed by atoms with Gasteiger partial charge in [-0.3, -0.25) is 9.78 Å². The number of amides is 1. The molecular formula is C29H28F2N6O4S. The molecule has 6 rings (SSSR count). The topological polar surface area (TPSA) is 138 Å². The number of aliphatic hydroxyl groups excluding tert-OH is 1. The summed E-state index contributed by atoms with van der Waals surface area (Å²) in [6.07, 6.45) is 6.97. The molecule has 1 aliphatic carbocycles. The third-order valence-corrected chi connectivity index (χ3v) is 9.45. The number of nitrogens with one attached hydrogen (secondary N) is 1. The van der Waals surface area contributed by atoms with Gasteiger partial charge in [-0.05, 0) is 73.6 Å². The Kier molecular flexibility index (Phi) is 7.31. The van der Waals surface area contributed by atoms with E-state index in [0.29, 0.717) is 28.5 Å². The molecule has 10 nitrogen and oxygen atoms in total. The average molecular weight is 595 g/mol. The third kappa shape index (κ3) is 5.53. The Balaban J connectivity index is 1.15. The van der Waals surface area contributed by atoms with Crippen molar-refractivity contribution in [1.82, 2.24) is 25.3 Å². The van der Waals surface area contributed by atoms with E-state index in [1.807, 2.05) is 12.1 Å². The molecule has 218 valence electrons. The minimum Gasteiger partial charge on any atom is -0.393 e. The molecule has 1 spiro atoms. The van der Waals surface area contributed by atoms with E-state index in [1.165, 1.54) is 12.1 Å². The first-order valence-corrected chi connectivity index (χ1v) is 15.1. The van der Waals surface area contributed by atoms with Gasteiger partial charge in [0.2, 0.25) is 15.8 Å². The molecule has 2 fully saturated rings. The van der Waals surface area contributed by atoms with Crippen molar-refractivity contribution in [1.29, 1.82) is 0 Å². The molecule has 0 unspecified atom stereocenters. The van der Waals surface area contributed by atoms with Gasteiger partial charge in [0.15, 0.2) is 0 Å². The second kappa shape index (κ2) is 11.0. The molecule has 2 N–H and O–H groups in total. The standard InChI is InChI=1S/C29H28F2N6O4S/c30-27(31)42(40,41)22-3-1-2-18(12-22)26(39)34-17-20-13-25-19(16-33-20)4-5-23(35-25)24-6-9-32-28(36-24)37-10-7-29(8-11-37)14-21(38)15-29/h1-6,9,12-13,16,21,27,38H,7-8,10-11,14-15,17H2,(H,34,39). The number of fused-ring (bicyclic) bond motifs is 1. The van der Waals surface area contributed by atoms with Gasteiger partial charge < -0.3 is 15.3 Å². The highest BCUT2D eigenvalue weighted by Gasteiger charge is 2.45. The van der Waals surface area contributed by atoms with E-state index in [-0.39, 0.29) is 23.6 Å². The van der Waals surface area contributed by atoms with E-state index in [0.717, 1.165) is 56.3 Å². The number of aromatic nitrogens is 4. The second-order valence-corrected chi connectivity index (χ2v) is 12.8. The summed E-state index contributed by atoms with van der Waals surface area (Å²) in [6, 6.07) is 11.8. The summed E-state index contributed by atoms with van der Waals surface area (Å²) in [6.45, 7) is 1.69. The van der Waals surface area contributed by atoms with E-state index in [1.54, 1.807) is 24.5 Å². The van der Waals surface area contributed by atoms with Gasteiger partial charge in [0.25, 0.3) is 5.91 Å². The maximum Gasteiger partial charge on any atom is 0.341 e. The monoisotopic (exact) mass is 594 g/mol. The van der Waals surface area contributed by atoms with Crippen LogP contribution >= 0.6 is 0 Å². The molecule has 4 heterocycles. The van der Waals surface area contributed by atoms with Crippen LogP contribution in [0.4, 0.5) is 14.7 Å². The summed E-state index contributed by atoms with van der Waals surface area (Å²) >= 11 is 0. The summed E-state index contributed by atoms with van der Waals surface area (Å²) in [4.78, 5) is 32.6. The van der Waals surface area contributed by atoms with Crippen LogP contribution in [-0.2, 0) is 16.4 Å². The molecule has 42 heavy (non-hydrogen) atoms. The predicted octanol–water partition coefficient (Wildman–Crippen LogP) is 3.75. The second-order valence-electron chi connectivity index (χ2n) is 10.9. The number of hydrogen-bond donors (Lipinski definition) is 2. The Morgan fingerprint density at radius 3 is 2.55 bits per heavy atom. The smallest absolute Gasteiger partial charge is 0.341 e. The predicted molar refractivity (Wildman–Crippen MR) is 150 cm³/mol. The van der Waals surface area contributed by atoms with E-state index >= 15 is 0 Å². The van der Waals surface area contributed by atoms with Gasteiger partial charge in [-0.2, -0.15) is 8.78 Å². The number of halogens is 2. The van der Waals surface area contributed by atoms with E-state index in [9.17, 15) is 27.1 Å². The Morgan fingerprint density at radius 1 is 1.05 bits per heavy atom. The molecule has 4 aromatic rings. The van der Waals surface area contributed by atoms with Crippen LogP contribution in [-0.4, -0.2) is 64.3 Å². The highest BCUT2D eigenvalue weighted by Crippen LogP contribution is 2.49. The Morgan fingerprint density at radius 2 is 1.81 bits per heavy atom. The molecule has 3 aromatic heterocycles. The quantitative estimate of drug-likeness (QED) is 0.328. The van der Waals surface area contributed by atoms with Crippen molar-refractivity contribution < 1.29 is 27.1 Å². The number of sulfone groups is 1. The number of pyridine rings is 2. The number of piperidine rings is 1. The van der Waals surface area contributed by atoms with E-state index in [2.05, 4.69) is 20.2 Å². The van der Waals surface area contributed by atoms with Crippen LogP contribution in [0.2, 0.25) is 0 Å². The zero-order valence-electron chi connectivity index (χ0n) is 22.5. The number of rotatable bonds is 7. The lowest BCUT2D eigenvalue weighted by Gasteiger charge is -2.50. The zero-order valence-corrected chi connectivity index (χ0v) is 23.3. The number of benzene rings is 1. The van der Waals surface area contributed by atoms with E-state index in [4.69, 9.17) is 9.97 Å². The Bertz CT molecular complexity index is 1750. The van der Waals surface area contributed by atoms with Gasteiger partial charge in [-0.15, -0.1) is 0 Å². The molecule has 0 radical (unpaired) electrons. The number of hydrogen-bond acceptors (Lipinski definition) is 9. The highest BCUT2D eigenvalue weighted by atomic mass is 32.2. The summed E-state index contributed by atoms with van der Waals surface area (Å²) in [5, 5.41) is 13.2. The largest absolute Gasteiger partial charge is 0.393 e. The molecule has 1 aromatic carbocycles. The first-order valence-electron chi connectivity index (χ1n) is 13.5. The maximum absolute atomic E-state index is 12.9. The zero-order chi connectivity index (χ0) is 29.5. The SMILES string of the molecule is O=C(NCc1cc2nc(-c3ccnc(N4CCC5(CC4)CC(O)C5)n3)ccc2cn1)c1cccc(S(=O)(=O)C(F)F)c1. The lowest BCUT2D eigenvalue weighted by atomic mass is 9.61. The molecule has 2 aliphatic rings. The van der Waals surface area contributed by atoms with Crippen LogP contribution in [0.5, 0.6) is 0 Å². The van der Waals surface area contributed by atoms with Crippen molar-refractivity contribution in [2.45, 2.75) is 49.0 Å². The van der Waals surface area contributed by atoms with Crippen molar-refractivity contribution in [2.75, 3.05) is 18.0 Å². The fourth-order valence-corrected chi connectivity index (χ4v) is 6.43. The van der Waals surface area contributed by atoms with E-state index < -0.39 is 26.4 Å². The molecule has 1 saturated carbocycles. The molecule has 1 amide bonds. The number of carbonyl (C=O) groups excluding carboxylic acids is 1. The summed E-state index contributed by atoms with van der Waals surface area (Å²) in [5.74, 6) is -3.56. The first-order chi connectivity index (χ1) is 20.1. The Labute approximate surface area is 240 Å². The fourth-order valence-electron chi connectivity index (χ4n) is 5.66. The van der Waals surface area contributed by atoms with Crippen LogP contribution in [0.1, 0.15) is 41.7 Å². The molecule has 1 saturated heterocycles. The van der Waals surface area contributed by atoms with Crippen LogP contribution in [0.3, 0.4) is 0 Å². The fraction of sp³-hybridized carbons (Fsp3) is 0.345. The number of anilines is 1. The highest BCUT2D eigenvalue weighted by molar-refractivity contribution is 7.91. The number of alkyl halides is 2. The first kappa shape index (κ1) is 28.0. The van der Waals surface area contributed by atoms with Crippen molar-refractivity contribution >= 4 is 32.6 Å². The third-order valence-electron chi connectivity index (χ3n) is 8.07. The van der Waals surface area contributed by atoms with Gasteiger partial charge in [0.1, 0.15) is 0 Å². The Hall–Kier alpha value is -4.10. The lowest BCUT2D eigenvalue weighted by Crippen LogP contribution is -2.49.